The molecule has 0 unspecified atom stereocenters. The number of nitrogens with one attached hydrogen (secondary N) is 1. The van der Waals surface area contributed by atoms with Crippen molar-refractivity contribution in [3.05, 3.63) is 0 Å². The van der Waals surface area contributed by atoms with E-state index in [1.807, 2.05) is 0 Å². The summed E-state index contributed by atoms with van der Waals surface area (Å²) in [7, 11) is 0. The molecule has 0 aliphatic heterocycles. The van der Waals surface area contributed by atoms with Crippen LogP contribution < -0.4 is 11.1 Å². The van der Waals surface area contributed by atoms with E-state index in [2.05, 4.69) is 5.32 Å². The Morgan fingerprint density at radius 1 is 0.680 bits per heavy atom. The van der Waals surface area contributed by atoms with E-state index in [1.165, 1.54) is 0 Å². The molecule has 0 aliphatic carbocycles. The minimum absolute atomic E-state index is 0.0121. The van der Waals surface area contributed by atoms with E-state index in [4.69, 9.17) is 10.8 Å². The number of ketones is 4. The Balaban J connectivity index is 3.81. The number of amides is 1. The van der Waals surface area contributed by atoms with Gasteiger partial charge in [-0.25, -0.2) is 0 Å². The molecule has 140 valence electrons. The van der Waals surface area contributed by atoms with Crippen LogP contribution in [0.4, 0.5) is 0 Å². The molecule has 0 radical (unpaired) electrons. The summed E-state index contributed by atoms with van der Waals surface area (Å²) in [5.41, 5.74) is 5.22. The van der Waals surface area contributed by atoms with Gasteiger partial charge in [0.15, 0.2) is 5.78 Å². The lowest BCUT2D eigenvalue weighted by Gasteiger charge is -2.04. The molecule has 0 rings (SSSR count). The predicted molar refractivity (Wildman–Crippen MR) is 86.7 cm³/mol. The Kier molecular flexibility index (Phi) is 11.7. The fourth-order valence-electron chi connectivity index (χ4n) is 1.91. The van der Waals surface area contributed by atoms with Gasteiger partial charge in [0, 0.05) is 45.1 Å². The molecule has 0 aliphatic rings. The Morgan fingerprint density at radius 2 is 1.16 bits per heavy atom. The van der Waals surface area contributed by atoms with E-state index in [1.54, 1.807) is 0 Å². The van der Waals surface area contributed by atoms with E-state index in [0.29, 0.717) is 0 Å². The molecule has 0 aromatic heterocycles. The van der Waals surface area contributed by atoms with Crippen molar-refractivity contribution in [1.82, 2.24) is 5.32 Å². The summed E-state index contributed by atoms with van der Waals surface area (Å²) < 4.78 is 0. The van der Waals surface area contributed by atoms with Crippen molar-refractivity contribution in [1.29, 1.82) is 0 Å². The third-order valence-corrected chi connectivity index (χ3v) is 3.22. The van der Waals surface area contributed by atoms with Crippen molar-refractivity contribution in [3.63, 3.8) is 0 Å². The van der Waals surface area contributed by atoms with E-state index in [-0.39, 0.29) is 69.0 Å². The first-order valence-electron chi connectivity index (χ1n) is 8.00. The maximum absolute atomic E-state index is 11.6. The number of carbonyl (C=O) groups excluding carboxylic acids is 5. The highest BCUT2D eigenvalue weighted by atomic mass is 16.4. The van der Waals surface area contributed by atoms with Gasteiger partial charge < -0.3 is 16.2 Å². The lowest BCUT2D eigenvalue weighted by molar-refractivity contribution is -0.140. The highest BCUT2D eigenvalue weighted by molar-refractivity contribution is 6.04. The van der Waals surface area contributed by atoms with Crippen LogP contribution in [0.1, 0.15) is 51.4 Å². The lowest BCUT2D eigenvalue weighted by atomic mass is 10.0. The van der Waals surface area contributed by atoms with Crippen LogP contribution in [0.25, 0.3) is 0 Å². The summed E-state index contributed by atoms with van der Waals surface area (Å²) in [4.78, 5) is 67.1. The van der Waals surface area contributed by atoms with E-state index in [9.17, 15) is 28.8 Å². The van der Waals surface area contributed by atoms with Gasteiger partial charge in [0.1, 0.15) is 23.8 Å². The molecule has 4 N–H and O–H groups in total. The van der Waals surface area contributed by atoms with Crippen LogP contribution in [-0.4, -0.2) is 53.2 Å². The van der Waals surface area contributed by atoms with Crippen molar-refractivity contribution < 1.29 is 33.9 Å². The zero-order valence-electron chi connectivity index (χ0n) is 14.0. The number of aliphatic carboxylic acids is 1. The summed E-state index contributed by atoms with van der Waals surface area (Å²) in [6, 6.07) is 0. The normalized spacial score (nSPS) is 10.1. The van der Waals surface area contributed by atoms with Crippen molar-refractivity contribution in [2.45, 2.75) is 51.4 Å². The second-order valence-corrected chi connectivity index (χ2v) is 5.54. The van der Waals surface area contributed by atoms with Gasteiger partial charge in [0.05, 0.1) is 6.42 Å². The molecule has 25 heavy (non-hydrogen) atoms. The Bertz CT molecular complexity index is 529. The van der Waals surface area contributed by atoms with E-state index in [0.717, 1.165) is 0 Å². The van der Waals surface area contributed by atoms with Crippen LogP contribution >= 0.6 is 0 Å². The van der Waals surface area contributed by atoms with Gasteiger partial charge >= 0.3 is 5.97 Å². The van der Waals surface area contributed by atoms with Crippen LogP contribution in [0.5, 0.6) is 0 Å². The lowest BCUT2D eigenvalue weighted by Crippen LogP contribution is -2.28. The fraction of sp³-hybridized carbons (Fsp3) is 0.625. The molecule has 0 aromatic rings. The summed E-state index contributed by atoms with van der Waals surface area (Å²) in [5, 5.41) is 10.7. The topological polar surface area (TPSA) is 161 Å². The summed E-state index contributed by atoms with van der Waals surface area (Å²) >= 11 is 0. The Labute approximate surface area is 145 Å². The molecule has 0 atom stereocenters. The highest BCUT2D eigenvalue weighted by Crippen LogP contribution is 2.03. The Morgan fingerprint density at radius 3 is 1.64 bits per heavy atom. The molecular formula is C16H24N2O7. The van der Waals surface area contributed by atoms with Crippen LogP contribution in [0.3, 0.4) is 0 Å². The quantitative estimate of drug-likeness (QED) is 0.332. The van der Waals surface area contributed by atoms with Gasteiger partial charge in [0.2, 0.25) is 5.91 Å². The first-order valence-corrected chi connectivity index (χ1v) is 8.00. The first kappa shape index (κ1) is 22.6. The van der Waals surface area contributed by atoms with Gasteiger partial charge in [-0.05, 0) is 6.54 Å². The average molecular weight is 356 g/mol. The summed E-state index contributed by atoms with van der Waals surface area (Å²) in [5.74, 6) is -3.15. The molecule has 1 amide bonds. The van der Waals surface area contributed by atoms with Crippen molar-refractivity contribution >= 4 is 35.0 Å². The van der Waals surface area contributed by atoms with Gasteiger partial charge in [-0.15, -0.1) is 0 Å². The molecule has 0 bridgehead atoms. The highest BCUT2D eigenvalue weighted by Gasteiger charge is 2.13. The monoisotopic (exact) mass is 356 g/mol. The predicted octanol–water partition coefficient (Wildman–Crippen LogP) is -0.457. The third-order valence-electron chi connectivity index (χ3n) is 3.22. The van der Waals surface area contributed by atoms with Gasteiger partial charge in [-0.2, -0.15) is 0 Å². The molecule has 0 spiro atoms. The smallest absolute Gasteiger partial charge is 0.310 e. The standard InChI is InChI=1S/C16H24N2O7/c17-7-5-12(20)3-1-11(19)2-4-13(21)6-8-18-15(23)9-14(22)10-16(24)25/h1-10,17H2,(H,18,23)(H,24,25). The zero-order valence-corrected chi connectivity index (χ0v) is 14.0. The van der Waals surface area contributed by atoms with Crippen LogP contribution in [0, 0.1) is 0 Å². The number of hydrogen-bond donors (Lipinski definition) is 3. The molecule has 0 saturated carbocycles. The maximum Gasteiger partial charge on any atom is 0.310 e. The zero-order chi connectivity index (χ0) is 19.2. The largest absolute Gasteiger partial charge is 0.481 e. The molecule has 9 nitrogen and oxygen atoms in total. The van der Waals surface area contributed by atoms with Crippen LogP contribution in [-0.2, 0) is 28.8 Å². The minimum Gasteiger partial charge on any atom is -0.481 e. The molecule has 0 fully saturated rings. The maximum atomic E-state index is 11.6. The van der Waals surface area contributed by atoms with Crippen molar-refractivity contribution in [3.8, 4) is 0 Å². The van der Waals surface area contributed by atoms with Gasteiger partial charge in [-0.3, -0.25) is 28.8 Å². The van der Waals surface area contributed by atoms with E-state index >= 15 is 0 Å². The van der Waals surface area contributed by atoms with Crippen molar-refractivity contribution in [2.24, 2.45) is 5.73 Å². The molecule has 9 heteroatoms. The number of carboxylic acids is 1. The Hall–Kier alpha value is -2.42. The minimum atomic E-state index is -1.30. The molecule has 0 aromatic carbocycles. The molecule has 0 saturated heterocycles. The fourth-order valence-corrected chi connectivity index (χ4v) is 1.91. The van der Waals surface area contributed by atoms with Crippen LogP contribution in [0.2, 0.25) is 0 Å². The molecule has 0 heterocycles. The third kappa shape index (κ3) is 13.7. The number of rotatable bonds is 15. The SMILES string of the molecule is NCCC(=O)CCC(=O)CCC(=O)CCNC(=O)CC(=O)CC(=O)O. The van der Waals surface area contributed by atoms with E-state index < -0.39 is 30.5 Å². The summed E-state index contributed by atoms with van der Waals surface area (Å²) in [6.07, 6.45) is -0.728. The van der Waals surface area contributed by atoms with Crippen molar-refractivity contribution in [2.75, 3.05) is 13.1 Å². The summed E-state index contributed by atoms with van der Waals surface area (Å²) in [6.45, 7) is 0.264. The number of hydrogen-bond acceptors (Lipinski definition) is 7. The molecular weight excluding hydrogens is 332 g/mol. The second-order valence-electron chi connectivity index (χ2n) is 5.54. The number of carbonyl (C=O) groups is 6. The average Bonchev–Trinajstić information content (AvgIpc) is 2.50. The number of nitrogens with two attached hydrogens (primary N) is 1. The van der Waals surface area contributed by atoms with Gasteiger partial charge in [0.25, 0.3) is 0 Å². The van der Waals surface area contributed by atoms with Gasteiger partial charge in [-0.1, -0.05) is 0 Å². The first-order chi connectivity index (χ1) is 11.7. The number of Topliss-reactive ketones (excluding diaryl/α,β-unsaturated/α-hetero) is 4. The number of carboxylic acid groups (broad SMARTS) is 1. The second kappa shape index (κ2) is 12.9. The van der Waals surface area contributed by atoms with Crippen LogP contribution in [0.15, 0.2) is 0 Å².